The second-order valence-electron chi connectivity index (χ2n) is 20.0. The van der Waals surface area contributed by atoms with Crippen LogP contribution in [0.1, 0.15) is 30.4 Å². The molecule has 0 heterocycles. The Hall–Kier alpha value is -9.30. The Morgan fingerprint density at radius 3 is 1.31 bits per heavy atom. The van der Waals surface area contributed by atoms with E-state index in [1.54, 1.807) is 0 Å². The summed E-state index contributed by atoms with van der Waals surface area (Å²) in [5.74, 6) is 0.384. The maximum absolute atomic E-state index is 2.44. The van der Waals surface area contributed by atoms with Gasteiger partial charge < -0.3 is 4.90 Å². The molecule has 0 N–H and O–H groups in total. The molecule has 1 aliphatic rings. The maximum atomic E-state index is 2.44. The highest BCUT2D eigenvalue weighted by Crippen LogP contribution is 2.50. The molecule has 1 nitrogen and oxygen atoms in total. The predicted molar refractivity (Wildman–Crippen MR) is 318 cm³/mol. The number of hydrogen-bond donors (Lipinski definition) is 0. The van der Waals surface area contributed by atoms with Gasteiger partial charge in [-0.1, -0.05) is 225 Å². The van der Waals surface area contributed by atoms with Gasteiger partial charge in [-0.15, -0.1) is 0 Å². The minimum Gasteiger partial charge on any atom is -0.311 e. The number of nitrogens with zero attached hydrogens (tertiary/aromatic N) is 1. The zero-order valence-electron chi connectivity index (χ0n) is 41.2. The molecule has 0 saturated carbocycles. The summed E-state index contributed by atoms with van der Waals surface area (Å²) in [4.78, 5) is 2.38. The van der Waals surface area contributed by atoms with Crippen LogP contribution in [0.2, 0.25) is 0 Å². The van der Waals surface area contributed by atoms with Crippen molar-refractivity contribution in [3.63, 3.8) is 0 Å². The Balaban J connectivity index is 0.891. The Labute approximate surface area is 432 Å². The van der Waals surface area contributed by atoms with Crippen molar-refractivity contribution in [2.24, 2.45) is 0 Å². The van der Waals surface area contributed by atoms with Crippen molar-refractivity contribution in [1.29, 1.82) is 0 Å². The van der Waals surface area contributed by atoms with E-state index in [4.69, 9.17) is 0 Å². The summed E-state index contributed by atoms with van der Waals surface area (Å²) in [7, 11) is 0. The summed E-state index contributed by atoms with van der Waals surface area (Å²) in [6.45, 7) is 2.39. The van der Waals surface area contributed by atoms with Crippen LogP contribution in [-0.2, 0) is 0 Å². The molecular formula is C73H51N. The molecule has 0 bridgehead atoms. The smallest absolute Gasteiger partial charge is 0.0462 e. The number of anilines is 3. The number of fused-ring (bicyclic) bond motifs is 6. The molecule has 0 aliphatic heterocycles. The van der Waals surface area contributed by atoms with Gasteiger partial charge in [-0.05, 0) is 188 Å². The molecule has 74 heavy (non-hydrogen) atoms. The van der Waals surface area contributed by atoms with E-state index in [9.17, 15) is 0 Å². The highest BCUT2D eigenvalue weighted by Gasteiger charge is 2.26. The highest BCUT2D eigenvalue weighted by molar-refractivity contribution is 6.23. The summed E-state index contributed by atoms with van der Waals surface area (Å²) in [6, 6.07) is 96.5. The minimum absolute atomic E-state index is 0.384. The van der Waals surface area contributed by atoms with Crippen LogP contribution in [0.3, 0.4) is 0 Å². The molecule has 348 valence electrons. The lowest BCUT2D eigenvalue weighted by Gasteiger charge is -2.28. The summed E-state index contributed by atoms with van der Waals surface area (Å²) >= 11 is 0. The normalized spacial score (nSPS) is 13.2. The number of hydrogen-bond acceptors (Lipinski definition) is 1. The Morgan fingerprint density at radius 1 is 0.297 bits per heavy atom. The first kappa shape index (κ1) is 43.5. The monoisotopic (exact) mass is 941 g/mol. The molecule has 0 amide bonds. The van der Waals surface area contributed by atoms with E-state index in [1.165, 1.54) is 121 Å². The van der Waals surface area contributed by atoms with Crippen LogP contribution in [0.5, 0.6) is 0 Å². The number of para-hydroxylation sites is 1. The molecule has 1 atom stereocenters. The van der Waals surface area contributed by atoms with Gasteiger partial charge in [0, 0.05) is 17.1 Å². The van der Waals surface area contributed by atoms with E-state index in [0.717, 1.165) is 23.5 Å². The summed E-state index contributed by atoms with van der Waals surface area (Å²) in [5, 5.41) is 12.5. The maximum Gasteiger partial charge on any atom is 0.0462 e. The molecule has 13 aromatic rings. The van der Waals surface area contributed by atoms with E-state index in [0.29, 0.717) is 5.92 Å². The lowest BCUT2D eigenvalue weighted by atomic mass is 9.76. The Bertz CT molecular complexity index is 4320. The number of allylic oxidation sites excluding steroid dienone is 1. The minimum atomic E-state index is 0.384. The molecule has 14 rings (SSSR count). The Kier molecular flexibility index (Phi) is 10.6. The van der Waals surface area contributed by atoms with Gasteiger partial charge in [0.25, 0.3) is 0 Å². The predicted octanol–water partition coefficient (Wildman–Crippen LogP) is 20.8. The highest BCUT2D eigenvalue weighted by atomic mass is 15.1. The van der Waals surface area contributed by atoms with Crippen molar-refractivity contribution >= 4 is 77.0 Å². The lowest BCUT2D eigenvalue weighted by Crippen LogP contribution is -2.10. The molecule has 0 fully saturated rings. The van der Waals surface area contributed by atoms with Crippen molar-refractivity contribution < 1.29 is 0 Å². The fraction of sp³-hybridized carbons (Fsp3) is 0.0411. The first-order valence-electron chi connectivity index (χ1n) is 26.0. The van der Waals surface area contributed by atoms with E-state index in [-0.39, 0.29) is 0 Å². The summed E-state index contributed by atoms with van der Waals surface area (Å²) in [6.07, 6.45) is 5.75. The molecule has 1 unspecified atom stereocenters. The van der Waals surface area contributed by atoms with Gasteiger partial charge in [-0.3, -0.25) is 0 Å². The fourth-order valence-electron chi connectivity index (χ4n) is 12.2. The van der Waals surface area contributed by atoms with E-state index in [2.05, 4.69) is 285 Å². The SMILES string of the molecule is CC1CC=Cc2c1c(-c1ccc(N(c3ccccc3)c3ccc(-c4ccc5c(-c6ccc7ccccc7c6)c6ccccc6c(-c6ccc7ccccc7c6)c5c4)cc3)cc1)c1ccccc1c2-c1ccccc1. The number of rotatable bonds is 8. The molecule has 0 saturated heterocycles. The van der Waals surface area contributed by atoms with Crippen LogP contribution in [0.4, 0.5) is 17.1 Å². The molecule has 0 aromatic heterocycles. The van der Waals surface area contributed by atoms with Crippen LogP contribution in [0.25, 0.3) is 116 Å². The van der Waals surface area contributed by atoms with E-state index >= 15 is 0 Å². The van der Waals surface area contributed by atoms with Gasteiger partial charge in [0.05, 0.1) is 0 Å². The quantitative estimate of drug-likeness (QED) is 0.137. The molecule has 0 spiro atoms. The zero-order valence-corrected chi connectivity index (χ0v) is 41.2. The first-order valence-corrected chi connectivity index (χ1v) is 26.0. The molecule has 1 heteroatoms. The van der Waals surface area contributed by atoms with Crippen LogP contribution in [0, 0.1) is 0 Å². The topological polar surface area (TPSA) is 3.24 Å². The van der Waals surface area contributed by atoms with Crippen LogP contribution >= 0.6 is 0 Å². The third kappa shape index (κ3) is 7.39. The van der Waals surface area contributed by atoms with Gasteiger partial charge in [0.15, 0.2) is 0 Å². The summed E-state index contributed by atoms with van der Waals surface area (Å²) < 4.78 is 0. The molecular weight excluding hydrogens is 891 g/mol. The van der Waals surface area contributed by atoms with Gasteiger partial charge in [0.1, 0.15) is 0 Å². The van der Waals surface area contributed by atoms with Crippen molar-refractivity contribution in [3.8, 4) is 55.6 Å². The van der Waals surface area contributed by atoms with Crippen molar-refractivity contribution in [2.45, 2.75) is 19.3 Å². The van der Waals surface area contributed by atoms with Crippen LogP contribution in [-0.4, -0.2) is 0 Å². The summed E-state index contributed by atoms with van der Waals surface area (Å²) in [5.41, 5.74) is 18.6. The standard InChI is InChI=1S/C73H51N/c1-48-17-16-30-67-69(48)73(65-29-15-14-28-64(65)70(67)52-20-4-2-5-21-52)53-37-42-61(43-38-53)74(59-24-6-3-7-25-59)60-40-35-51(36-41-60)56-39-44-66-68(47-56)72(58-34-32-50-19-9-11-23-55(50)46-58)63-27-13-12-26-62(63)71(66)57-33-31-49-18-8-10-22-54(49)45-57/h2-16,18-48H,17H2,1H3. The fourth-order valence-corrected chi connectivity index (χ4v) is 12.2. The largest absolute Gasteiger partial charge is 0.311 e. The molecule has 1 aliphatic carbocycles. The van der Waals surface area contributed by atoms with Crippen LogP contribution < -0.4 is 4.90 Å². The van der Waals surface area contributed by atoms with Gasteiger partial charge >= 0.3 is 0 Å². The van der Waals surface area contributed by atoms with E-state index in [1.807, 2.05) is 0 Å². The van der Waals surface area contributed by atoms with Crippen LogP contribution in [0.15, 0.2) is 267 Å². The average molecular weight is 942 g/mol. The average Bonchev–Trinajstić information content (AvgIpc) is 3.49. The molecule has 0 radical (unpaired) electrons. The third-order valence-corrected chi connectivity index (χ3v) is 15.6. The van der Waals surface area contributed by atoms with Gasteiger partial charge in [-0.25, -0.2) is 0 Å². The molecule has 13 aromatic carbocycles. The van der Waals surface area contributed by atoms with Crippen molar-refractivity contribution in [3.05, 3.63) is 278 Å². The van der Waals surface area contributed by atoms with Gasteiger partial charge in [-0.2, -0.15) is 0 Å². The first-order chi connectivity index (χ1) is 36.6. The third-order valence-electron chi connectivity index (χ3n) is 15.6. The Morgan fingerprint density at radius 2 is 0.716 bits per heavy atom. The lowest BCUT2D eigenvalue weighted by molar-refractivity contribution is 0.775. The van der Waals surface area contributed by atoms with Crippen molar-refractivity contribution in [1.82, 2.24) is 0 Å². The second kappa shape index (κ2) is 18.1. The van der Waals surface area contributed by atoms with Gasteiger partial charge in [0.2, 0.25) is 0 Å². The zero-order chi connectivity index (χ0) is 49.1. The van der Waals surface area contributed by atoms with E-state index < -0.39 is 0 Å². The van der Waals surface area contributed by atoms with Crippen molar-refractivity contribution in [2.75, 3.05) is 4.90 Å². The second-order valence-corrected chi connectivity index (χ2v) is 20.0. The number of benzene rings is 13.